The number of hydrogen-bond donors (Lipinski definition) is 1. The van der Waals surface area contributed by atoms with Crippen LogP contribution in [0, 0.1) is 17.7 Å². The summed E-state index contributed by atoms with van der Waals surface area (Å²) in [6.07, 6.45) is 4.47. The van der Waals surface area contributed by atoms with E-state index >= 15 is 0 Å². The molecule has 0 unspecified atom stereocenters. The summed E-state index contributed by atoms with van der Waals surface area (Å²) in [5, 5.41) is 9.04. The van der Waals surface area contributed by atoms with Crippen molar-refractivity contribution >= 4 is 17.4 Å². The first-order chi connectivity index (χ1) is 11.0. The Bertz CT molecular complexity index is 638. The molecule has 1 fully saturated rings. The van der Waals surface area contributed by atoms with Crippen molar-refractivity contribution in [3.8, 4) is 0 Å². The summed E-state index contributed by atoms with van der Waals surface area (Å²) >= 11 is 0. The van der Waals surface area contributed by atoms with Gasteiger partial charge in [-0.25, -0.2) is 4.39 Å². The quantitative estimate of drug-likeness (QED) is 0.932. The van der Waals surface area contributed by atoms with Gasteiger partial charge in [-0.2, -0.15) is 0 Å². The van der Waals surface area contributed by atoms with Crippen molar-refractivity contribution in [2.75, 3.05) is 13.1 Å². The summed E-state index contributed by atoms with van der Waals surface area (Å²) < 4.78 is 13.0. The van der Waals surface area contributed by atoms with E-state index in [1.54, 1.807) is 12.1 Å². The molecule has 0 radical (unpaired) electrons. The number of amides is 1. The molecule has 4 nitrogen and oxygen atoms in total. The number of rotatable bonds is 3. The average Bonchev–Trinajstić information content (AvgIpc) is 3.05. The van der Waals surface area contributed by atoms with Crippen LogP contribution < -0.4 is 0 Å². The predicted molar refractivity (Wildman–Crippen MR) is 84.0 cm³/mol. The first-order valence-electron chi connectivity index (χ1n) is 8.01. The van der Waals surface area contributed by atoms with Crippen molar-refractivity contribution in [1.29, 1.82) is 0 Å². The van der Waals surface area contributed by atoms with Gasteiger partial charge in [0.1, 0.15) is 5.82 Å². The van der Waals surface area contributed by atoms with Crippen molar-refractivity contribution in [3.05, 3.63) is 41.7 Å². The van der Waals surface area contributed by atoms with Gasteiger partial charge >= 0.3 is 5.97 Å². The molecule has 2 atom stereocenters. The minimum absolute atomic E-state index is 0.0724. The van der Waals surface area contributed by atoms with Gasteiger partial charge in [0.25, 0.3) is 0 Å². The molecule has 1 amide bonds. The number of hydrogen-bond acceptors (Lipinski definition) is 2. The molecule has 2 aliphatic rings. The minimum Gasteiger partial charge on any atom is -0.481 e. The second-order valence-electron chi connectivity index (χ2n) is 6.32. The second-order valence-corrected chi connectivity index (χ2v) is 6.32. The second kappa shape index (κ2) is 6.52. The highest BCUT2D eigenvalue weighted by atomic mass is 19.1. The van der Waals surface area contributed by atoms with Crippen molar-refractivity contribution in [1.82, 2.24) is 4.90 Å². The van der Waals surface area contributed by atoms with E-state index in [2.05, 4.69) is 0 Å². The first kappa shape index (κ1) is 15.7. The van der Waals surface area contributed by atoms with E-state index < -0.39 is 5.97 Å². The molecule has 0 aromatic heterocycles. The van der Waals surface area contributed by atoms with Gasteiger partial charge in [0, 0.05) is 19.0 Å². The number of carboxylic acid groups (broad SMARTS) is 1. The van der Waals surface area contributed by atoms with Gasteiger partial charge in [-0.1, -0.05) is 18.2 Å². The Kier molecular flexibility index (Phi) is 4.46. The van der Waals surface area contributed by atoms with Crippen LogP contribution in [0.4, 0.5) is 4.39 Å². The normalized spacial score (nSPS) is 24.4. The third kappa shape index (κ3) is 3.44. The van der Waals surface area contributed by atoms with Crippen LogP contribution in [0.5, 0.6) is 0 Å². The van der Waals surface area contributed by atoms with Crippen LogP contribution in [-0.2, 0) is 9.59 Å². The summed E-state index contributed by atoms with van der Waals surface area (Å²) in [5.74, 6) is -1.51. The van der Waals surface area contributed by atoms with Crippen LogP contribution in [0.15, 0.2) is 30.3 Å². The molecule has 1 aromatic carbocycles. The zero-order valence-electron chi connectivity index (χ0n) is 12.9. The molecule has 1 heterocycles. The molecule has 1 N–H and O–H groups in total. The summed E-state index contributed by atoms with van der Waals surface area (Å²) in [6, 6.07) is 6.40. The highest BCUT2D eigenvalue weighted by Gasteiger charge is 2.36. The number of carbonyl (C=O) groups excluding carboxylic acids is 1. The molecular weight excluding hydrogens is 297 g/mol. The van der Waals surface area contributed by atoms with E-state index in [0.717, 1.165) is 17.6 Å². The zero-order chi connectivity index (χ0) is 16.4. The largest absolute Gasteiger partial charge is 0.481 e. The highest BCUT2D eigenvalue weighted by Crippen LogP contribution is 2.33. The molecular formula is C18H20FNO3. The van der Waals surface area contributed by atoms with Gasteiger partial charge in [-0.3, -0.25) is 9.59 Å². The van der Waals surface area contributed by atoms with E-state index in [-0.39, 0.29) is 23.6 Å². The maximum atomic E-state index is 13.0. The van der Waals surface area contributed by atoms with Crippen molar-refractivity contribution in [3.63, 3.8) is 0 Å². The minimum atomic E-state index is -0.794. The number of aliphatic carboxylic acids is 1. The average molecular weight is 317 g/mol. The Labute approximate surface area is 134 Å². The van der Waals surface area contributed by atoms with Crippen molar-refractivity contribution in [2.24, 2.45) is 11.8 Å². The Balaban J connectivity index is 1.61. The van der Waals surface area contributed by atoms with Gasteiger partial charge in [-0.05, 0) is 49.0 Å². The fourth-order valence-electron chi connectivity index (χ4n) is 3.48. The molecule has 1 aliphatic heterocycles. The van der Waals surface area contributed by atoms with Crippen LogP contribution in [0.3, 0.4) is 0 Å². The van der Waals surface area contributed by atoms with E-state index in [1.165, 1.54) is 12.1 Å². The molecule has 0 saturated heterocycles. The summed E-state index contributed by atoms with van der Waals surface area (Å²) in [5.41, 5.74) is 2.12. The van der Waals surface area contributed by atoms with Gasteiger partial charge in [0.05, 0.1) is 5.92 Å². The molecule has 0 spiro atoms. The molecule has 3 rings (SSSR count). The van der Waals surface area contributed by atoms with Crippen LogP contribution in [-0.4, -0.2) is 35.0 Å². The highest BCUT2D eigenvalue weighted by molar-refractivity contribution is 5.82. The Morgan fingerprint density at radius 2 is 1.83 bits per heavy atom. The number of nitrogens with zero attached hydrogens (tertiary/aromatic N) is 1. The maximum Gasteiger partial charge on any atom is 0.306 e. The number of carbonyl (C=O) groups is 2. The van der Waals surface area contributed by atoms with Gasteiger partial charge in [0.2, 0.25) is 5.91 Å². The molecule has 5 heteroatoms. The third-order valence-corrected chi connectivity index (χ3v) is 4.87. The first-order valence-corrected chi connectivity index (χ1v) is 8.01. The van der Waals surface area contributed by atoms with E-state index in [0.29, 0.717) is 32.4 Å². The Morgan fingerprint density at radius 1 is 1.13 bits per heavy atom. The molecule has 0 bridgehead atoms. The SMILES string of the molecule is O=C(O)[C@@H]1CC[C@H](C(=O)N2CC=C(c3ccc(F)cc3)CC2)C1. The standard InChI is InChI=1S/C18H20FNO3/c19-16-5-3-12(4-6-16)13-7-9-20(10-8-13)17(21)14-1-2-15(11-14)18(22)23/h3-7,14-15H,1-2,8-11H2,(H,22,23)/t14-,15+/m0/s1. The fraction of sp³-hybridized carbons (Fsp3) is 0.444. The summed E-state index contributed by atoms with van der Waals surface area (Å²) in [6.45, 7) is 1.18. The van der Waals surface area contributed by atoms with E-state index in [1.807, 2.05) is 11.0 Å². The van der Waals surface area contributed by atoms with Crippen molar-refractivity contribution < 1.29 is 19.1 Å². The van der Waals surface area contributed by atoms with Crippen molar-refractivity contribution in [2.45, 2.75) is 25.7 Å². The van der Waals surface area contributed by atoms with E-state index in [9.17, 15) is 14.0 Å². The molecule has 122 valence electrons. The number of benzene rings is 1. The topological polar surface area (TPSA) is 57.6 Å². The molecule has 1 saturated carbocycles. The number of halogens is 1. The Morgan fingerprint density at radius 3 is 2.39 bits per heavy atom. The van der Waals surface area contributed by atoms with Crippen LogP contribution in [0.1, 0.15) is 31.2 Å². The van der Waals surface area contributed by atoms with Gasteiger partial charge < -0.3 is 10.0 Å². The zero-order valence-corrected chi connectivity index (χ0v) is 12.9. The molecule has 23 heavy (non-hydrogen) atoms. The lowest BCUT2D eigenvalue weighted by Crippen LogP contribution is -2.38. The maximum absolute atomic E-state index is 13.0. The van der Waals surface area contributed by atoms with Gasteiger partial charge in [0.15, 0.2) is 0 Å². The van der Waals surface area contributed by atoms with Gasteiger partial charge in [-0.15, -0.1) is 0 Å². The smallest absolute Gasteiger partial charge is 0.306 e. The summed E-state index contributed by atoms with van der Waals surface area (Å²) in [4.78, 5) is 25.3. The van der Waals surface area contributed by atoms with E-state index in [4.69, 9.17) is 5.11 Å². The fourth-order valence-corrected chi connectivity index (χ4v) is 3.48. The lowest BCUT2D eigenvalue weighted by molar-refractivity contribution is -0.141. The number of carboxylic acids is 1. The Hall–Kier alpha value is -2.17. The molecule has 1 aromatic rings. The lowest BCUT2D eigenvalue weighted by Gasteiger charge is -2.29. The monoisotopic (exact) mass is 317 g/mol. The lowest BCUT2D eigenvalue weighted by atomic mass is 9.97. The van der Waals surface area contributed by atoms with Crippen LogP contribution in [0.25, 0.3) is 5.57 Å². The van der Waals surface area contributed by atoms with Crippen LogP contribution >= 0.6 is 0 Å². The molecule has 1 aliphatic carbocycles. The summed E-state index contributed by atoms with van der Waals surface area (Å²) in [7, 11) is 0. The van der Waals surface area contributed by atoms with Crippen LogP contribution in [0.2, 0.25) is 0 Å². The predicted octanol–water partition coefficient (Wildman–Crippen LogP) is 2.94. The third-order valence-electron chi connectivity index (χ3n) is 4.87.